The van der Waals surface area contributed by atoms with E-state index in [1.54, 1.807) is 7.11 Å². The van der Waals surface area contributed by atoms with Crippen molar-refractivity contribution in [1.29, 1.82) is 0 Å². The van der Waals surface area contributed by atoms with Crippen LogP contribution in [0.3, 0.4) is 0 Å². The Kier molecular flexibility index (Phi) is 7.47. The van der Waals surface area contributed by atoms with E-state index in [2.05, 4.69) is 15.9 Å². The van der Waals surface area contributed by atoms with Gasteiger partial charge in [0.2, 0.25) is 0 Å². The highest BCUT2D eigenvalue weighted by Crippen LogP contribution is 2.37. The van der Waals surface area contributed by atoms with Crippen LogP contribution in [-0.2, 0) is 10.6 Å². The van der Waals surface area contributed by atoms with Crippen LogP contribution in [0, 0.1) is 0 Å². The van der Waals surface area contributed by atoms with Crippen LogP contribution in [0.25, 0.3) is 0 Å². The highest BCUT2D eigenvalue weighted by atomic mass is 79.9. The van der Waals surface area contributed by atoms with Gasteiger partial charge in [-0.15, -0.1) is 11.6 Å². The molecular weight excluding hydrogens is 319 g/mol. The molecule has 1 aromatic carbocycles. The van der Waals surface area contributed by atoms with Crippen LogP contribution in [0.4, 0.5) is 0 Å². The van der Waals surface area contributed by atoms with Gasteiger partial charge >= 0.3 is 0 Å². The fraction of sp³-hybridized carbons (Fsp3) is 0.538. The van der Waals surface area contributed by atoms with Gasteiger partial charge in [0, 0.05) is 25.5 Å². The molecule has 1 aromatic rings. The van der Waals surface area contributed by atoms with E-state index in [9.17, 15) is 0 Å². The zero-order valence-corrected chi connectivity index (χ0v) is 13.0. The third-order valence-electron chi connectivity index (χ3n) is 2.33. The minimum Gasteiger partial charge on any atom is -0.493 e. The Morgan fingerprint density at radius 1 is 1.28 bits per heavy atom. The van der Waals surface area contributed by atoms with Gasteiger partial charge < -0.3 is 14.2 Å². The molecule has 0 fully saturated rings. The van der Waals surface area contributed by atoms with E-state index in [0.717, 1.165) is 23.1 Å². The molecule has 0 aliphatic rings. The molecule has 0 bridgehead atoms. The van der Waals surface area contributed by atoms with Crippen LogP contribution in [0.5, 0.6) is 11.5 Å². The summed E-state index contributed by atoms with van der Waals surface area (Å²) in [5.41, 5.74) is 0.988. The molecule has 0 saturated heterocycles. The lowest BCUT2D eigenvalue weighted by Gasteiger charge is -2.13. The van der Waals surface area contributed by atoms with Gasteiger partial charge in [-0.25, -0.2) is 0 Å². The molecule has 0 spiro atoms. The van der Waals surface area contributed by atoms with Crippen molar-refractivity contribution in [1.82, 2.24) is 0 Å². The van der Waals surface area contributed by atoms with Crippen molar-refractivity contribution in [3.05, 3.63) is 22.2 Å². The molecule has 102 valence electrons. The molecule has 3 nitrogen and oxygen atoms in total. The maximum absolute atomic E-state index is 5.81. The van der Waals surface area contributed by atoms with Gasteiger partial charge in [0.05, 0.1) is 18.2 Å². The Morgan fingerprint density at radius 3 is 2.67 bits per heavy atom. The molecule has 0 aliphatic heterocycles. The molecule has 0 atom stereocenters. The maximum atomic E-state index is 5.81. The predicted molar refractivity (Wildman–Crippen MR) is 76.9 cm³/mol. The first-order valence-corrected chi connectivity index (χ1v) is 7.18. The maximum Gasteiger partial charge on any atom is 0.175 e. The van der Waals surface area contributed by atoms with Crippen LogP contribution < -0.4 is 9.47 Å². The Balaban J connectivity index is 2.63. The minimum absolute atomic E-state index is 0.444. The number of rotatable bonds is 8. The zero-order valence-electron chi connectivity index (χ0n) is 10.7. The quantitative estimate of drug-likeness (QED) is 0.530. The second kappa shape index (κ2) is 8.62. The number of halogens is 2. The van der Waals surface area contributed by atoms with Crippen LogP contribution >= 0.6 is 27.5 Å². The van der Waals surface area contributed by atoms with Gasteiger partial charge in [0.15, 0.2) is 11.5 Å². The summed E-state index contributed by atoms with van der Waals surface area (Å²) < 4.78 is 17.1. The minimum atomic E-state index is 0.444. The molecule has 0 heterocycles. The molecule has 18 heavy (non-hydrogen) atoms. The lowest BCUT2D eigenvalue weighted by molar-refractivity contribution is 0.130. The predicted octanol–water partition coefficient (Wildman–Crippen LogP) is 4.00. The number of hydrogen-bond donors (Lipinski definition) is 0. The average Bonchev–Trinajstić information content (AvgIpc) is 2.39. The number of ether oxygens (including phenoxy) is 3. The largest absolute Gasteiger partial charge is 0.493 e. The Labute approximate surface area is 121 Å². The fourth-order valence-electron chi connectivity index (χ4n) is 1.47. The van der Waals surface area contributed by atoms with Crippen LogP contribution in [0.2, 0.25) is 0 Å². The third kappa shape index (κ3) is 4.67. The molecule has 0 aliphatic carbocycles. The molecule has 0 N–H and O–H groups in total. The van der Waals surface area contributed by atoms with Gasteiger partial charge in [0.25, 0.3) is 0 Å². The summed E-state index contributed by atoms with van der Waals surface area (Å²) in [6, 6.07) is 3.82. The van der Waals surface area contributed by atoms with Gasteiger partial charge in [-0.3, -0.25) is 0 Å². The van der Waals surface area contributed by atoms with E-state index in [1.165, 1.54) is 0 Å². The molecule has 0 saturated carbocycles. The summed E-state index contributed by atoms with van der Waals surface area (Å²) in [5.74, 6) is 1.85. The van der Waals surface area contributed by atoms with Crippen LogP contribution in [0.1, 0.15) is 18.9 Å². The lowest BCUT2D eigenvalue weighted by atomic mass is 10.2. The number of hydrogen-bond acceptors (Lipinski definition) is 3. The van der Waals surface area contributed by atoms with Gasteiger partial charge in [-0.2, -0.15) is 0 Å². The van der Waals surface area contributed by atoms with Gasteiger partial charge in [0.1, 0.15) is 0 Å². The Hall–Kier alpha value is -0.450. The van der Waals surface area contributed by atoms with Crippen molar-refractivity contribution in [3.63, 3.8) is 0 Å². The van der Waals surface area contributed by atoms with Crippen molar-refractivity contribution < 1.29 is 14.2 Å². The lowest BCUT2D eigenvalue weighted by Crippen LogP contribution is -2.04. The van der Waals surface area contributed by atoms with E-state index < -0.39 is 0 Å². The summed E-state index contributed by atoms with van der Waals surface area (Å²) in [6.07, 6.45) is 0.848. The summed E-state index contributed by atoms with van der Waals surface area (Å²) in [6.45, 7) is 4.01. The fourth-order valence-corrected chi connectivity index (χ4v) is 2.23. The van der Waals surface area contributed by atoms with Gasteiger partial charge in [-0.1, -0.05) is 0 Å². The SMILES string of the molecule is CCOCCCOc1c(Br)cc(CCl)cc1OC. The van der Waals surface area contributed by atoms with E-state index in [4.69, 9.17) is 25.8 Å². The van der Waals surface area contributed by atoms with E-state index >= 15 is 0 Å². The Bertz CT molecular complexity index is 371. The molecule has 0 aromatic heterocycles. The molecule has 1 rings (SSSR count). The average molecular weight is 338 g/mol. The standard InChI is InChI=1S/C13H18BrClO3/c1-3-17-5-4-6-18-13-11(14)7-10(9-15)8-12(13)16-2/h7-8H,3-6,9H2,1-2H3. The number of methoxy groups -OCH3 is 1. The summed E-state index contributed by atoms with van der Waals surface area (Å²) in [7, 11) is 1.62. The molecule has 0 amide bonds. The summed E-state index contributed by atoms with van der Waals surface area (Å²) in [4.78, 5) is 0. The highest BCUT2D eigenvalue weighted by molar-refractivity contribution is 9.10. The normalized spacial score (nSPS) is 10.4. The zero-order chi connectivity index (χ0) is 13.4. The first-order chi connectivity index (χ1) is 8.72. The Morgan fingerprint density at radius 2 is 2.06 bits per heavy atom. The third-order valence-corrected chi connectivity index (χ3v) is 3.22. The first-order valence-electron chi connectivity index (χ1n) is 5.85. The van der Waals surface area contributed by atoms with Crippen LogP contribution in [0.15, 0.2) is 16.6 Å². The smallest absolute Gasteiger partial charge is 0.175 e. The number of alkyl halides is 1. The second-order valence-electron chi connectivity index (χ2n) is 3.64. The van der Waals surface area contributed by atoms with Crippen LogP contribution in [-0.4, -0.2) is 26.9 Å². The van der Waals surface area contributed by atoms with Gasteiger partial charge in [-0.05, 0) is 40.5 Å². The van der Waals surface area contributed by atoms with E-state index in [1.807, 2.05) is 19.1 Å². The molecular formula is C13H18BrClO3. The molecule has 0 unspecified atom stereocenters. The second-order valence-corrected chi connectivity index (χ2v) is 4.76. The van der Waals surface area contributed by atoms with Crippen molar-refractivity contribution in [3.8, 4) is 11.5 Å². The highest BCUT2D eigenvalue weighted by Gasteiger charge is 2.11. The van der Waals surface area contributed by atoms with E-state index in [0.29, 0.717) is 30.6 Å². The monoisotopic (exact) mass is 336 g/mol. The number of benzene rings is 1. The van der Waals surface area contributed by atoms with Crippen molar-refractivity contribution in [2.75, 3.05) is 26.9 Å². The van der Waals surface area contributed by atoms with Crippen molar-refractivity contribution in [2.24, 2.45) is 0 Å². The first kappa shape index (κ1) is 15.6. The molecule has 5 heteroatoms. The molecule has 0 radical (unpaired) electrons. The summed E-state index contributed by atoms with van der Waals surface area (Å²) in [5, 5.41) is 0. The van der Waals surface area contributed by atoms with Crippen molar-refractivity contribution in [2.45, 2.75) is 19.2 Å². The van der Waals surface area contributed by atoms with Crippen molar-refractivity contribution >= 4 is 27.5 Å². The topological polar surface area (TPSA) is 27.7 Å². The van der Waals surface area contributed by atoms with E-state index in [-0.39, 0.29) is 0 Å². The summed E-state index contributed by atoms with van der Waals surface area (Å²) >= 11 is 9.28.